The van der Waals surface area contributed by atoms with Crippen molar-refractivity contribution >= 4 is 0 Å². The Morgan fingerprint density at radius 2 is 1.00 bits per heavy atom. The molecule has 3 aromatic rings. The molecular weight excluding hydrogens is 624 g/mol. The van der Waals surface area contributed by atoms with Gasteiger partial charge in [-0.2, -0.15) is 0 Å². The molecule has 2 fully saturated rings. The van der Waals surface area contributed by atoms with Gasteiger partial charge in [0.1, 0.15) is 29.5 Å². The molecule has 9 nitrogen and oxygen atoms in total. The standard InChI is InChI=1S/C40H54O9/c1-8-34-39(47-24-30-13-19-33(44-7)20-14-30)38(46-23-29-11-17-32(43-6)18-12-29)27(4)40(48-34)49-37-26(3)21-25(2)36(35(37)41)45-22-28-9-15-31(42-5)16-10-28/h9-20,25-27,34-41H,8,21-24H2,1-7H3. The second kappa shape index (κ2) is 17.7. The van der Waals surface area contributed by atoms with Gasteiger partial charge in [-0.1, -0.05) is 64.1 Å². The lowest BCUT2D eigenvalue weighted by Crippen LogP contribution is -2.59. The van der Waals surface area contributed by atoms with E-state index in [9.17, 15) is 5.11 Å². The van der Waals surface area contributed by atoms with Crippen molar-refractivity contribution in [3.05, 3.63) is 89.5 Å². The SMILES string of the molecule is CCC1OC(OC2C(C)CC(C)C(OCc3ccc(OC)cc3)C2O)C(C)C(OCc2ccc(OC)cc2)C1OCc1ccc(OC)cc1. The van der Waals surface area contributed by atoms with Crippen LogP contribution in [0.4, 0.5) is 0 Å². The molecule has 1 saturated carbocycles. The fraction of sp³-hybridized carbons (Fsp3) is 0.550. The average Bonchev–Trinajstić information content (AvgIpc) is 3.13. The molecule has 9 heteroatoms. The summed E-state index contributed by atoms with van der Waals surface area (Å²) in [5.41, 5.74) is 3.08. The molecular formula is C40H54O9. The van der Waals surface area contributed by atoms with E-state index in [1.54, 1.807) is 21.3 Å². The maximum atomic E-state index is 11.7. The van der Waals surface area contributed by atoms with Crippen molar-refractivity contribution in [2.75, 3.05) is 21.3 Å². The van der Waals surface area contributed by atoms with Gasteiger partial charge in [-0.15, -0.1) is 0 Å². The lowest BCUT2D eigenvalue weighted by atomic mass is 9.77. The maximum absolute atomic E-state index is 11.7. The molecule has 0 aromatic heterocycles. The summed E-state index contributed by atoms with van der Waals surface area (Å²) >= 11 is 0. The molecule has 268 valence electrons. The summed E-state index contributed by atoms with van der Waals surface area (Å²) in [7, 11) is 4.97. The third kappa shape index (κ3) is 9.34. The number of rotatable bonds is 15. The number of hydrogen-bond acceptors (Lipinski definition) is 9. The molecule has 10 atom stereocenters. The Labute approximate surface area is 291 Å². The van der Waals surface area contributed by atoms with Crippen LogP contribution in [0.5, 0.6) is 17.2 Å². The predicted octanol–water partition coefficient (Wildman–Crippen LogP) is 6.96. The first-order chi connectivity index (χ1) is 23.7. The minimum absolute atomic E-state index is 0.101. The third-order valence-corrected chi connectivity index (χ3v) is 9.98. The van der Waals surface area contributed by atoms with Crippen LogP contribution in [0.25, 0.3) is 0 Å². The van der Waals surface area contributed by atoms with E-state index >= 15 is 0 Å². The number of aliphatic hydroxyl groups excluding tert-OH is 1. The fourth-order valence-corrected chi connectivity index (χ4v) is 7.06. The largest absolute Gasteiger partial charge is 0.497 e. The third-order valence-electron chi connectivity index (χ3n) is 9.98. The monoisotopic (exact) mass is 678 g/mol. The smallest absolute Gasteiger partial charge is 0.163 e. The highest BCUT2D eigenvalue weighted by Gasteiger charge is 2.49. The minimum atomic E-state index is -0.824. The molecule has 1 saturated heterocycles. The Morgan fingerprint density at radius 1 is 0.592 bits per heavy atom. The van der Waals surface area contributed by atoms with Crippen LogP contribution >= 0.6 is 0 Å². The van der Waals surface area contributed by atoms with Gasteiger partial charge in [0.2, 0.25) is 0 Å². The minimum Gasteiger partial charge on any atom is -0.497 e. The van der Waals surface area contributed by atoms with Crippen molar-refractivity contribution < 1.29 is 43.0 Å². The Hall–Kier alpha value is -3.18. The van der Waals surface area contributed by atoms with Gasteiger partial charge in [-0.25, -0.2) is 0 Å². The van der Waals surface area contributed by atoms with Gasteiger partial charge in [0.15, 0.2) is 6.29 Å². The summed E-state index contributed by atoms with van der Waals surface area (Å²) in [6, 6.07) is 23.6. The van der Waals surface area contributed by atoms with Crippen LogP contribution in [0.15, 0.2) is 72.8 Å². The van der Waals surface area contributed by atoms with E-state index in [4.69, 9.17) is 37.9 Å². The number of benzene rings is 3. The van der Waals surface area contributed by atoms with Gasteiger partial charge in [0.05, 0.1) is 65.6 Å². The van der Waals surface area contributed by atoms with Crippen molar-refractivity contribution in [2.45, 2.75) is 103 Å². The first-order valence-electron chi connectivity index (χ1n) is 17.5. The van der Waals surface area contributed by atoms with E-state index in [0.717, 1.165) is 40.4 Å². The van der Waals surface area contributed by atoms with E-state index < -0.39 is 18.5 Å². The van der Waals surface area contributed by atoms with Gasteiger partial charge in [-0.05, 0) is 77.8 Å². The van der Waals surface area contributed by atoms with Gasteiger partial charge in [-0.3, -0.25) is 0 Å². The van der Waals surface area contributed by atoms with E-state index in [0.29, 0.717) is 26.2 Å². The number of methoxy groups -OCH3 is 3. The van der Waals surface area contributed by atoms with Gasteiger partial charge >= 0.3 is 0 Å². The predicted molar refractivity (Wildman–Crippen MR) is 187 cm³/mol. The van der Waals surface area contributed by atoms with Crippen LogP contribution in [0.1, 0.15) is 57.2 Å². The summed E-state index contributed by atoms with van der Waals surface area (Å²) in [6.07, 6.45) is -1.67. The van der Waals surface area contributed by atoms with Crippen LogP contribution < -0.4 is 14.2 Å². The Balaban J connectivity index is 1.31. The highest BCUT2D eigenvalue weighted by atomic mass is 16.7. The average molecular weight is 679 g/mol. The molecule has 3 aromatic carbocycles. The summed E-state index contributed by atoms with van der Waals surface area (Å²) in [6.45, 7) is 9.62. The second-order valence-corrected chi connectivity index (χ2v) is 13.5. The van der Waals surface area contributed by atoms with Crippen molar-refractivity contribution in [2.24, 2.45) is 17.8 Å². The van der Waals surface area contributed by atoms with Gasteiger partial charge < -0.3 is 43.0 Å². The molecule has 0 radical (unpaired) electrons. The lowest BCUT2D eigenvalue weighted by Gasteiger charge is -2.48. The first-order valence-corrected chi connectivity index (χ1v) is 17.5. The highest BCUT2D eigenvalue weighted by Crippen LogP contribution is 2.39. The molecule has 1 aliphatic heterocycles. The number of ether oxygens (including phenoxy) is 8. The Bertz CT molecular complexity index is 1400. The summed E-state index contributed by atoms with van der Waals surface area (Å²) in [4.78, 5) is 0. The molecule has 5 rings (SSSR count). The van der Waals surface area contributed by atoms with Crippen molar-refractivity contribution in [1.82, 2.24) is 0 Å². The van der Waals surface area contributed by atoms with E-state index in [-0.39, 0.29) is 42.2 Å². The van der Waals surface area contributed by atoms with E-state index in [1.807, 2.05) is 72.8 Å². The summed E-state index contributed by atoms with van der Waals surface area (Å²) in [5.74, 6) is 2.46. The normalized spacial score (nSPS) is 30.1. The zero-order valence-corrected chi connectivity index (χ0v) is 30.0. The van der Waals surface area contributed by atoms with E-state index in [2.05, 4.69) is 27.7 Å². The van der Waals surface area contributed by atoms with Crippen molar-refractivity contribution in [1.29, 1.82) is 0 Å². The Kier molecular flexibility index (Phi) is 13.4. The van der Waals surface area contributed by atoms with Gasteiger partial charge in [0.25, 0.3) is 0 Å². The topological polar surface area (TPSA) is 94.1 Å². The zero-order valence-electron chi connectivity index (χ0n) is 30.0. The number of hydrogen-bond donors (Lipinski definition) is 1. The van der Waals surface area contributed by atoms with Crippen LogP contribution in [0, 0.1) is 17.8 Å². The summed E-state index contributed by atoms with van der Waals surface area (Å²) < 4.78 is 49.1. The molecule has 2 aliphatic rings. The molecule has 0 amide bonds. The van der Waals surface area contributed by atoms with Crippen LogP contribution in [0.3, 0.4) is 0 Å². The molecule has 1 aliphatic carbocycles. The van der Waals surface area contributed by atoms with Crippen molar-refractivity contribution in [3.8, 4) is 17.2 Å². The molecule has 0 spiro atoms. The lowest BCUT2D eigenvalue weighted by molar-refractivity contribution is -0.323. The molecule has 49 heavy (non-hydrogen) atoms. The highest BCUT2D eigenvalue weighted by molar-refractivity contribution is 5.28. The summed E-state index contributed by atoms with van der Waals surface area (Å²) in [5, 5.41) is 11.7. The van der Waals surface area contributed by atoms with Crippen LogP contribution in [0.2, 0.25) is 0 Å². The van der Waals surface area contributed by atoms with Crippen molar-refractivity contribution in [3.63, 3.8) is 0 Å². The zero-order chi connectivity index (χ0) is 34.9. The molecule has 1 heterocycles. The Morgan fingerprint density at radius 3 is 1.43 bits per heavy atom. The number of aliphatic hydroxyl groups is 1. The quantitative estimate of drug-likeness (QED) is 0.183. The molecule has 1 N–H and O–H groups in total. The molecule has 0 bridgehead atoms. The first kappa shape index (κ1) is 37.1. The fourth-order valence-electron chi connectivity index (χ4n) is 7.06. The van der Waals surface area contributed by atoms with Crippen LogP contribution in [-0.2, 0) is 43.5 Å². The van der Waals surface area contributed by atoms with Gasteiger partial charge in [0, 0.05) is 5.92 Å². The molecule has 10 unspecified atom stereocenters. The maximum Gasteiger partial charge on any atom is 0.163 e. The van der Waals surface area contributed by atoms with E-state index in [1.165, 1.54) is 0 Å². The van der Waals surface area contributed by atoms with Crippen LogP contribution in [-0.4, -0.2) is 69.3 Å². The second-order valence-electron chi connectivity index (χ2n) is 13.5.